The molecular weight excluding hydrogens is 340 g/mol. The van der Waals surface area contributed by atoms with Crippen molar-refractivity contribution >= 4 is 23.9 Å². The van der Waals surface area contributed by atoms with E-state index >= 15 is 0 Å². The molecule has 2 aromatic rings. The number of aromatic nitrogens is 1. The summed E-state index contributed by atoms with van der Waals surface area (Å²) >= 11 is 0. The highest BCUT2D eigenvalue weighted by Crippen LogP contribution is 2.17. The SMILES string of the molecule is O=C=NN1CCN(c2cc(=O)c(C(=O)OCc3ccccc3)c[nH]2)C1=O. The van der Waals surface area contributed by atoms with E-state index in [-0.39, 0.29) is 31.1 Å². The van der Waals surface area contributed by atoms with Crippen LogP contribution < -0.4 is 10.3 Å². The number of amides is 2. The fourth-order valence-corrected chi connectivity index (χ4v) is 2.47. The van der Waals surface area contributed by atoms with Crippen molar-refractivity contribution in [2.45, 2.75) is 6.61 Å². The minimum absolute atomic E-state index is 0.0458. The predicted octanol–water partition coefficient (Wildman–Crippen LogP) is 1.22. The van der Waals surface area contributed by atoms with E-state index in [1.807, 2.05) is 18.2 Å². The molecule has 0 aliphatic carbocycles. The Morgan fingerprint density at radius 2 is 2.00 bits per heavy atom. The summed E-state index contributed by atoms with van der Waals surface area (Å²) in [6, 6.07) is 9.64. The van der Waals surface area contributed by atoms with Gasteiger partial charge in [-0.05, 0) is 5.56 Å². The van der Waals surface area contributed by atoms with Gasteiger partial charge in [0.05, 0.1) is 6.54 Å². The maximum Gasteiger partial charge on any atom is 0.346 e. The number of anilines is 1. The molecule has 1 N–H and O–H groups in total. The quantitative estimate of drug-likeness (QED) is 0.493. The number of nitrogens with zero attached hydrogens (tertiary/aromatic N) is 3. The summed E-state index contributed by atoms with van der Waals surface area (Å²) < 4.78 is 5.12. The second-order valence-electron chi connectivity index (χ2n) is 5.41. The molecule has 1 aromatic carbocycles. The van der Waals surface area contributed by atoms with Crippen molar-refractivity contribution in [3.63, 3.8) is 0 Å². The topological polar surface area (TPSA) is 112 Å². The van der Waals surface area contributed by atoms with Crippen LogP contribution in [0.2, 0.25) is 0 Å². The molecule has 0 radical (unpaired) electrons. The van der Waals surface area contributed by atoms with Gasteiger partial charge in [0, 0.05) is 18.8 Å². The molecule has 1 aliphatic rings. The summed E-state index contributed by atoms with van der Waals surface area (Å²) in [7, 11) is 0. The average molecular weight is 354 g/mol. The van der Waals surface area contributed by atoms with Gasteiger partial charge in [-0.1, -0.05) is 35.4 Å². The summed E-state index contributed by atoms with van der Waals surface area (Å²) in [5.41, 5.74) is 0.0495. The van der Waals surface area contributed by atoms with Crippen molar-refractivity contribution in [3.8, 4) is 0 Å². The number of H-pyrrole nitrogens is 1. The van der Waals surface area contributed by atoms with Crippen molar-refractivity contribution in [1.29, 1.82) is 0 Å². The van der Waals surface area contributed by atoms with E-state index < -0.39 is 17.4 Å². The fourth-order valence-electron chi connectivity index (χ4n) is 2.47. The maximum atomic E-state index is 12.2. The van der Waals surface area contributed by atoms with Crippen LogP contribution in [0.3, 0.4) is 0 Å². The monoisotopic (exact) mass is 354 g/mol. The van der Waals surface area contributed by atoms with Gasteiger partial charge in [0.15, 0.2) is 5.43 Å². The first kappa shape index (κ1) is 17.1. The number of esters is 1. The number of isocyanates is 1. The lowest BCUT2D eigenvalue weighted by molar-refractivity contribution is 0.0470. The molecule has 132 valence electrons. The Labute approximate surface area is 147 Å². The summed E-state index contributed by atoms with van der Waals surface area (Å²) in [6.07, 6.45) is 2.49. The van der Waals surface area contributed by atoms with Crippen molar-refractivity contribution in [3.05, 3.63) is 63.9 Å². The van der Waals surface area contributed by atoms with Crippen LogP contribution >= 0.6 is 0 Å². The largest absolute Gasteiger partial charge is 0.457 e. The zero-order chi connectivity index (χ0) is 18.5. The number of pyridine rings is 1. The number of carbonyl (C=O) groups is 2. The van der Waals surface area contributed by atoms with E-state index in [0.29, 0.717) is 0 Å². The van der Waals surface area contributed by atoms with Gasteiger partial charge in [0.2, 0.25) is 0 Å². The molecule has 1 fully saturated rings. The number of hydrogen-bond acceptors (Lipinski definition) is 6. The number of ether oxygens (including phenoxy) is 1. The van der Waals surface area contributed by atoms with Crippen LogP contribution in [0.5, 0.6) is 0 Å². The number of hydrogen-bond donors (Lipinski definition) is 1. The second-order valence-corrected chi connectivity index (χ2v) is 5.41. The lowest BCUT2D eigenvalue weighted by Gasteiger charge is -2.15. The van der Waals surface area contributed by atoms with Gasteiger partial charge in [-0.3, -0.25) is 9.69 Å². The standard InChI is InChI=1S/C17H14N4O5/c22-11-19-21-7-6-20(17(21)25)15-8-14(23)13(9-18-15)16(24)26-10-12-4-2-1-3-5-12/h1-5,8-9H,6-7,10H2,(H,18,23). The molecule has 1 aromatic heterocycles. The highest BCUT2D eigenvalue weighted by Gasteiger charge is 2.30. The molecule has 0 saturated carbocycles. The summed E-state index contributed by atoms with van der Waals surface area (Å²) in [5, 5.41) is 4.21. The third-order valence-electron chi connectivity index (χ3n) is 3.77. The van der Waals surface area contributed by atoms with Gasteiger partial charge in [-0.15, -0.1) is 0 Å². The number of rotatable bonds is 5. The number of urea groups is 1. The normalized spacial score (nSPS) is 13.5. The first-order valence-corrected chi connectivity index (χ1v) is 7.71. The number of benzene rings is 1. The van der Waals surface area contributed by atoms with Crippen molar-refractivity contribution in [2.75, 3.05) is 18.0 Å². The minimum atomic E-state index is -0.762. The summed E-state index contributed by atoms with van der Waals surface area (Å²) in [4.78, 5) is 50.6. The number of carbonyl (C=O) groups excluding carboxylic acids is 3. The third-order valence-corrected chi connectivity index (χ3v) is 3.77. The Bertz CT molecular complexity index is 934. The van der Waals surface area contributed by atoms with Crippen molar-refractivity contribution in [2.24, 2.45) is 5.10 Å². The molecule has 2 amide bonds. The number of aromatic amines is 1. The molecule has 26 heavy (non-hydrogen) atoms. The van der Waals surface area contributed by atoms with Crippen LogP contribution in [0.1, 0.15) is 15.9 Å². The molecule has 9 heteroatoms. The number of nitrogens with one attached hydrogen (secondary N) is 1. The van der Waals surface area contributed by atoms with Gasteiger partial charge in [0.1, 0.15) is 18.0 Å². The molecule has 0 unspecified atom stereocenters. The summed E-state index contributed by atoms with van der Waals surface area (Å²) in [5.74, 6) is -0.565. The van der Waals surface area contributed by atoms with E-state index in [9.17, 15) is 19.2 Å². The smallest absolute Gasteiger partial charge is 0.346 e. The van der Waals surface area contributed by atoms with E-state index in [1.165, 1.54) is 17.2 Å². The first-order chi connectivity index (χ1) is 12.6. The Morgan fingerprint density at radius 3 is 2.69 bits per heavy atom. The molecule has 0 atom stereocenters. The second kappa shape index (κ2) is 7.45. The van der Waals surface area contributed by atoms with Gasteiger partial charge >= 0.3 is 12.0 Å². The Balaban J connectivity index is 1.71. The first-order valence-electron chi connectivity index (χ1n) is 7.71. The third kappa shape index (κ3) is 3.52. The highest BCUT2D eigenvalue weighted by atomic mass is 16.5. The molecule has 0 spiro atoms. The molecule has 0 bridgehead atoms. The van der Waals surface area contributed by atoms with Crippen LogP contribution in [0, 0.1) is 0 Å². The average Bonchev–Trinajstić information content (AvgIpc) is 3.01. The van der Waals surface area contributed by atoms with E-state index in [0.717, 1.165) is 16.6 Å². The Hall–Kier alpha value is -3.71. The molecule has 1 aliphatic heterocycles. The van der Waals surface area contributed by atoms with Crippen molar-refractivity contribution in [1.82, 2.24) is 9.99 Å². The lowest BCUT2D eigenvalue weighted by Crippen LogP contribution is -2.30. The molecular formula is C17H14N4O5. The molecule has 1 saturated heterocycles. The van der Waals surface area contributed by atoms with Gasteiger partial charge < -0.3 is 9.72 Å². The van der Waals surface area contributed by atoms with Crippen LogP contribution in [0.15, 0.2) is 52.5 Å². The zero-order valence-electron chi connectivity index (χ0n) is 13.5. The lowest BCUT2D eigenvalue weighted by atomic mass is 10.2. The van der Waals surface area contributed by atoms with Crippen molar-refractivity contribution < 1.29 is 19.1 Å². The maximum absolute atomic E-state index is 12.2. The highest BCUT2D eigenvalue weighted by molar-refractivity contribution is 5.94. The van der Waals surface area contributed by atoms with E-state index in [2.05, 4.69) is 10.1 Å². The Morgan fingerprint density at radius 1 is 1.23 bits per heavy atom. The van der Waals surface area contributed by atoms with Gasteiger partial charge in [-0.25, -0.2) is 19.4 Å². The van der Waals surface area contributed by atoms with Crippen LogP contribution in [0.25, 0.3) is 0 Å². The number of hydrazone groups is 1. The predicted molar refractivity (Wildman–Crippen MR) is 90.2 cm³/mol. The van der Waals surface area contributed by atoms with Crippen LogP contribution in [-0.4, -0.2) is 41.2 Å². The van der Waals surface area contributed by atoms with E-state index in [1.54, 1.807) is 12.1 Å². The van der Waals surface area contributed by atoms with E-state index in [4.69, 9.17) is 4.74 Å². The van der Waals surface area contributed by atoms with Crippen LogP contribution in [-0.2, 0) is 16.1 Å². The molecule has 2 heterocycles. The van der Waals surface area contributed by atoms with Gasteiger partial charge in [0.25, 0.3) is 6.08 Å². The summed E-state index contributed by atoms with van der Waals surface area (Å²) in [6.45, 7) is 0.471. The van der Waals surface area contributed by atoms with Crippen LogP contribution in [0.4, 0.5) is 10.6 Å². The zero-order valence-corrected chi connectivity index (χ0v) is 13.5. The Kier molecular flexibility index (Phi) is 4.91. The van der Waals surface area contributed by atoms with Gasteiger partial charge in [-0.2, -0.15) is 0 Å². The fraction of sp³-hybridized carbons (Fsp3) is 0.176. The molecule has 3 rings (SSSR count). The minimum Gasteiger partial charge on any atom is -0.457 e. The molecule has 9 nitrogen and oxygen atoms in total.